The van der Waals surface area contributed by atoms with Crippen LogP contribution in [0.25, 0.3) is 0 Å². The van der Waals surface area contributed by atoms with Crippen LogP contribution in [0.2, 0.25) is 0 Å². The molecule has 1 N–H and O–H groups in total. The maximum Gasteiger partial charge on any atom is 0.119 e. The molecule has 2 aliphatic heterocycles. The molecular formula is C24H32N2O2. The number of fused-ring (bicyclic) bond motifs is 2. The SMILES string of the molecule is CN(C)CCOc1ccc(C2(O)CC3CCC(C2)N3Cc2ccccc2)cc1. The third-order valence-electron chi connectivity index (χ3n) is 6.32. The van der Waals surface area contributed by atoms with E-state index in [-0.39, 0.29) is 0 Å². The molecule has 2 unspecified atom stereocenters. The van der Waals surface area contributed by atoms with E-state index in [1.165, 1.54) is 18.4 Å². The highest BCUT2D eigenvalue weighted by Crippen LogP contribution is 2.46. The van der Waals surface area contributed by atoms with E-state index in [1.807, 2.05) is 26.2 Å². The molecule has 2 aromatic rings. The monoisotopic (exact) mass is 380 g/mol. The highest BCUT2D eigenvalue weighted by atomic mass is 16.5. The van der Waals surface area contributed by atoms with Crippen LogP contribution in [0.3, 0.4) is 0 Å². The smallest absolute Gasteiger partial charge is 0.119 e. The fourth-order valence-corrected chi connectivity index (χ4v) is 4.81. The van der Waals surface area contributed by atoms with Crippen molar-refractivity contribution in [3.63, 3.8) is 0 Å². The van der Waals surface area contributed by atoms with Gasteiger partial charge in [0.25, 0.3) is 0 Å². The molecule has 2 fully saturated rings. The Hall–Kier alpha value is -1.88. The molecule has 0 aliphatic carbocycles. The first-order chi connectivity index (χ1) is 13.5. The second-order valence-corrected chi connectivity index (χ2v) is 8.66. The van der Waals surface area contributed by atoms with Gasteiger partial charge in [-0.3, -0.25) is 4.90 Å². The molecular weight excluding hydrogens is 348 g/mol. The van der Waals surface area contributed by atoms with Crippen molar-refractivity contribution < 1.29 is 9.84 Å². The van der Waals surface area contributed by atoms with Gasteiger partial charge in [0.2, 0.25) is 0 Å². The lowest BCUT2D eigenvalue weighted by Crippen LogP contribution is -2.49. The molecule has 28 heavy (non-hydrogen) atoms. The third-order valence-corrected chi connectivity index (χ3v) is 6.32. The Bertz CT molecular complexity index is 746. The zero-order valence-corrected chi connectivity index (χ0v) is 17.1. The zero-order chi connectivity index (χ0) is 19.6. The lowest BCUT2D eigenvalue weighted by molar-refractivity contribution is -0.0595. The van der Waals surface area contributed by atoms with Crippen molar-refractivity contribution in [3.8, 4) is 5.75 Å². The van der Waals surface area contributed by atoms with Crippen molar-refractivity contribution in [2.75, 3.05) is 27.2 Å². The van der Waals surface area contributed by atoms with Gasteiger partial charge in [-0.1, -0.05) is 42.5 Å². The van der Waals surface area contributed by atoms with Crippen LogP contribution in [-0.4, -0.2) is 54.2 Å². The molecule has 2 atom stereocenters. The minimum atomic E-state index is -0.721. The number of aliphatic hydroxyl groups is 1. The Morgan fingerprint density at radius 3 is 2.25 bits per heavy atom. The van der Waals surface area contributed by atoms with Gasteiger partial charge in [-0.05, 0) is 63.0 Å². The fourth-order valence-electron chi connectivity index (χ4n) is 4.81. The van der Waals surface area contributed by atoms with Gasteiger partial charge < -0.3 is 14.7 Å². The van der Waals surface area contributed by atoms with Crippen LogP contribution < -0.4 is 4.74 Å². The average Bonchev–Trinajstić information content (AvgIpc) is 2.93. The molecule has 4 rings (SSSR count). The number of nitrogens with zero attached hydrogens (tertiary/aromatic N) is 2. The topological polar surface area (TPSA) is 35.9 Å². The first kappa shape index (κ1) is 19.4. The molecule has 0 radical (unpaired) electrons. The second-order valence-electron chi connectivity index (χ2n) is 8.66. The Morgan fingerprint density at radius 2 is 1.64 bits per heavy atom. The summed E-state index contributed by atoms with van der Waals surface area (Å²) in [4.78, 5) is 4.72. The summed E-state index contributed by atoms with van der Waals surface area (Å²) in [5, 5.41) is 11.5. The van der Waals surface area contributed by atoms with Crippen LogP contribution in [-0.2, 0) is 12.1 Å². The number of likely N-dealkylation sites (N-methyl/N-ethyl adjacent to an activating group) is 1. The summed E-state index contributed by atoms with van der Waals surface area (Å²) in [5.41, 5.74) is 1.68. The molecule has 150 valence electrons. The van der Waals surface area contributed by atoms with E-state index in [0.717, 1.165) is 37.2 Å². The van der Waals surface area contributed by atoms with Crippen LogP contribution in [0.15, 0.2) is 54.6 Å². The molecule has 0 saturated carbocycles. The van der Waals surface area contributed by atoms with Gasteiger partial charge in [0, 0.05) is 25.2 Å². The van der Waals surface area contributed by atoms with Crippen LogP contribution in [0.5, 0.6) is 5.75 Å². The summed E-state index contributed by atoms with van der Waals surface area (Å²) in [5.74, 6) is 0.874. The first-order valence-corrected chi connectivity index (χ1v) is 10.4. The molecule has 0 aromatic heterocycles. The van der Waals surface area contributed by atoms with Crippen LogP contribution >= 0.6 is 0 Å². The van der Waals surface area contributed by atoms with E-state index < -0.39 is 5.60 Å². The molecule has 2 heterocycles. The number of rotatable bonds is 7. The van der Waals surface area contributed by atoms with E-state index >= 15 is 0 Å². The largest absolute Gasteiger partial charge is 0.492 e. The van der Waals surface area contributed by atoms with Crippen molar-refractivity contribution in [1.29, 1.82) is 0 Å². The second kappa shape index (κ2) is 8.24. The van der Waals surface area contributed by atoms with Crippen LogP contribution in [0.1, 0.15) is 36.8 Å². The van der Waals surface area contributed by atoms with E-state index in [2.05, 4.69) is 52.3 Å². The van der Waals surface area contributed by atoms with Gasteiger partial charge in [0.15, 0.2) is 0 Å². The number of ether oxygens (including phenoxy) is 1. The van der Waals surface area contributed by atoms with Crippen molar-refractivity contribution in [2.45, 2.75) is 49.9 Å². The molecule has 2 aliphatic rings. The van der Waals surface area contributed by atoms with Gasteiger partial charge >= 0.3 is 0 Å². The van der Waals surface area contributed by atoms with Crippen molar-refractivity contribution in [3.05, 3.63) is 65.7 Å². The van der Waals surface area contributed by atoms with E-state index in [1.54, 1.807) is 0 Å². The van der Waals surface area contributed by atoms with E-state index in [0.29, 0.717) is 18.7 Å². The highest BCUT2D eigenvalue weighted by Gasteiger charge is 2.48. The van der Waals surface area contributed by atoms with E-state index in [4.69, 9.17) is 4.74 Å². The predicted molar refractivity (Wildman–Crippen MR) is 112 cm³/mol. The van der Waals surface area contributed by atoms with Gasteiger partial charge in [0.1, 0.15) is 12.4 Å². The standard InChI is InChI=1S/C24H32N2O2/c1-25(2)14-15-28-23-12-8-20(9-13-23)24(27)16-21-10-11-22(17-24)26(21)18-19-6-4-3-5-7-19/h3-9,12-13,21-22,27H,10-11,14-18H2,1-2H3. The van der Waals surface area contributed by atoms with Gasteiger partial charge in [-0.15, -0.1) is 0 Å². The molecule has 0 amide bonds. The average molecular weight is 381 g/mol. The Balaban J connectivity index is 1.41. The maximum atomic E-state index is 11.5. The summed E-state index contributed by atoms with van der Waals surface area (Å²) >= 11 is 0. The quantitative estimate of drug-likeness (QED) is 0.796. The lowest BCUT2D eigenvalue weighted by atomic mass is 9.80. The van der Waals surface area contributed by atoms with Crippen LogP contribution in [0, 0.1) is 0 Å². The third kappa shape index (κ3) is 4.24. The Labute approximate surface area is 168 Å². The summed E-state index contributed by atoms with van der Waals surface area (Å²) in [6, 6.07) is 19.7. The summed E-state index contributed by atoms with van der Waals surface area (Å²) < 4.78 is 5.80. The zero-order valence-electron chi connectivity index (χ0n) is 17.1. The van der Waals surface area contributed by atoms with Gasteiger partial charge in [0.05, 0.1) is 5.60 Å². The highest BCUT2D eigenvalue weighted by molar-refractivity contribution is 5.32. The van der Waals surface area contributed by atoms with Crippen LogP contribution in [0.4, 0.5) is 0 Å². The first-order valence-electron chi connectivity index (χ1n) is 10.4. The molecule has 4 nitrogen and oxygen atoms in total. The normalized spacial score (nSPS) is 27.3. The maximum absolute atomic E-state index is 11.5. The van der Waals surface area contributed by atoms with Crippen molar-refractivity contribution in [2.24, 2.45) is 0 Å². The number of benzene rings is 2. The molecule has 2 aromatic carbocycles. The van der Waals surface area contributed by atoms with Crippen molar-refractivity contribution in [1.82, 2.24) is 9.80 Å². The fraction of sp³-hybridized carbons (Fsp3) is 0.500. The molecule has 4 heteroatoms. The number of piperidine rings is 1. The summed E-state index contributed by atoms with van der Waals surface area (Å²) in [6.07, 6.45) is 4.01. The van der Waals surface area contributed by atoms with Gasteiger partial charge in [-0.2, -0.15) is 0 Å². The van der Waals surface area contributed by atoms with Crippen molar-refractivity contribution >= 4 is 0 Å². The predicted octanol–water partition coefficient (Wildman–Crippen LogP) is 3.64. The minimum Gasteiger partial charge on any atom is -0.492 e. The van der Waals surface area contributed by atoms with Gasteiger partial charge in [-0.25, -0.2) is 0 Å². The molecule has 2 bridgehead atoms. The Kier molecular flexibility index (Phi) is 5.72. The summed E-state index contributed by atoms with van der Waals surface area (Å²) in [6.45, 7) is 2.56. The Morgan fingerprint density at radius 1 is 1.00 bits per heavy atom. The lowest BCUT2D eigenvalue weighted by Gasteiger charge is -2.44. The molecule has 0 spiro atoms. The van der Waals surface area contributed by atoms with E-state index in [9.17, 15) is 5.11 Å². The molecule has 2 saturated heterocycles. The number of hydrogen-bond donors (Lipinski definition) is 1. The minimum absolute atomic E-state index is 0.458. The summed E-state index contributed by atoms with van der Waals surface area (Å²) in [7, 11) is 4.08. The number of hydrogen-bond acceptors (Lipinski definition) is 4.